The van der Waals surface area contributed by atoms with E-state index in [1.165, 1.54) is 39.0 Å². The first-order valence-electron chi connectivity index (χ1n) is 15.6. The van der Waals surface area contributed by atoms with E-state index in [0.717, 1.165) is 12.8 Å². The van der Waals surface area contributed by atoms with Gasteiger partial charge in [0, 0.05) is 38.6 Å². The lowest BCUT2D eigenvalue weighted by Gasteiger charge is -2.35. The fourth-order valence-electron chi connectivity index (χ4n) is 6.27. The highest BCUT2D eigenvalue weighted by molar-refractivity contribution is 7.12. The van der Waals surface area contributed by atoms with E-state index in [2.05, 4.69) is 11.9 Å². The quantitative estimate of drug-likeness (QED) is 0.251. The van der Waals surface area contributed by atoms with Crippen molar-refractivity contribution < 1.29 is 36.7 Å². The molecule has 4 rings (SSSR count). The molecule has 1 aromatic rings. The standard InChI is InChI=1S/C33H41F4N5O4S/c1-20(24-16-27(47-18-24)30(44)41-12-10-40(11-13-41)19-33(35,36)37)6-7-22(21(2)34)14-25(17-38)39-29(43)28-23-8-9-26(15-23)42(28)31(45)46-32(3,4)5/h6-7,16,18,23,25-26,28H,1,8-15,19H2,2-5H3,(H,39,43)/b7-6-,22-21-/t23-,25-,26+,28-/m0/s1. The summed E-state index contributed by atoms with van der Waals surface area (Å²) in [6.07, 6.45) is 0.286. The van der Waals surface area contributed by atoms with Gasteiger partial charge in [-0.25, -0.2) is 9.18 Å². The maximum absolute atomic E-state index is 14.6. The molecule has 256 valence electrons. The maximum atomic E-state index is 14.6. The van der Waals surface area contributed by atoms with E-state index in [0.29, 0.717) is 22.4 Å². The number of allylic oxidation sites excluding steroid dienone is 4. The molecule has 4 atom stereocenters. The van der Waals surface area contributed by atoms with Crippen molar-refractivity contribution in [3.63, 3.8) is 0 Å². The Balaban J connectivity index is 1.35. The number of rotatable bonds is 9. The average Bonchev–Trinajstić information content (AvgIpc) is 3.73. The predicted octanol–water partition coefficient (Wildman–Crippen LogP) is 6.07. The van der Waals surface area contributed by atoms with E-state index in [-0.39, 0.29) is 56.0 Å². The van der Waals surface area contributed by atoms with Gasteiger partial charge in [0.25, 0.3) is 5.91 Å². The normalized spacial score (nSPS) is 23.0. The number of carbonyl (C=O) groups is 3. The van der Waals surface area contributed by atoms with Crippen molar-refractivity contribution in [2.75, 3.05) is 32.7 Å². The minimum Gasteiger partial charge on any atom is -0.444 e. The lowest BCUT2D eigenvalue weighted by Crippen LogP contribution is -2.55. The second kappa shape index (κ2) is 14.6. The molecule has 1 aliphatic carbocycles. The van der Waals surface area contributed by atoms with Crippen LogP contribution in [0, 0.1) is 17.2 Å². The van der Waals surface area contributed by atoms with Gasteiger partial charge < -0.3 is 15.0 Å². The predicted molar refractivity (Wildman–Crippen MR) is 170 cm³/mol. The monoisotopic (exact) mass is 679 g/mol. The molecule has 3 aliphatic rings. The number of nitrogens with one attached hydrogen (secondary N) is 1. The molecule has 0 aromatic carbocycles. The highest BCUT2D eigenvalue weighted by atomic mass is 32.1. The molecular weight excluding hydrogens is 638 g/mol. The molecule has 1 saturated carbocycles. The number of carbonyl (C=O) groups excluding carboxylic acids is 3. The molecule has 2 bridgehead atoms. The Kier molecular flexibility index (Phi) is 11.2. The zero-order valence-corrected chi connectivity index (χ0v) is 27.8. The maximum Gasteiger partial charge on any atom is 0.411 e. The van der Waals surface area contributed by atoms with E-state index in [1.54, 1.807) is 38.3 Å². The molecule has 9 nitrogen and oxygen atoms in total. The Morgan fingerprint density at radius 2 is 1.85 bits per heavy atom. The molecular formula is C33H41F4N5O4S. The number of piperazine rings is 1. The van der Waals surface area contributed by atoms with Gasteiger partial charge in [0.05, 0.1) is 17.5 Å². The lowest BCUT2D eigenvalue weighted by atomic mass is 9.97. The van der Waals surface area contributed by atoms with Crippen molar-refractivity contribution in [1.29, 1.82) is 5.26 Å². The van der Waals surface area contributed by atoms with Crippen LogP contribution >= 0.6 is 11.3 Å². The van der Waals surface area contributed by atoms with Crippen LogP contribution in [-0.2, 0) is 9.53 Å². The van der Waals surface area contributed by atoms with Crippen LogP contribution in [-0.4, -0.2) is 95.2 Å². The fourth-order valence-corrected chi connectivity index (χ4v) is 7.16. The van der Waals surface area contributed by atoms with Gasteiger partial charge >= 0.3 is 12.3 Å². The van der Waals surface area contributed by atoms with Gasteiger partial charge in [-0.3, -0.25) is 19.4 Å². The molecule has 3 heterocycles. The van der Waals surface area contributed by atoms with Crippen LogP contribution in [0.2, 0.25) is 0 Å². The van der Waals surface area contributed by atoms with E-state index in [9.17, 15) is 37.2 Å². The highest BCUT2D eigenvalue weighted by Crippen LogP contribution is 2.43. The van der Waals surface area contributed by atoms with Gasteiger partial charge in [-0.15, -0.1) is 11.3 Å². The average molecular weight is 680 g/mol. The minimum atomic E-state index is -4.29. The number of hydrogen-bond acceptors (Lipinski definition) is 7. The molecule has 3 amide bonds. The van der Waals surface area contributed by atoms with E-state index < -0.39 is 48.2 Å². The molecule has 0 radical (unpaired) electrons. The number of thiophene rings is 1. The molecule has 0 unspecified atom stereocenters. The van der Waals surface area contributed by atoms with Crippen molar-refractivity contribution >= 4 is 34.8 Å². The van der Waals surface area contributed by atoms with Crippen molar-refractivity contribution in [2.24, 2.45) is 5.92 Å². The summed E-state index contributed by atoms with van der Waals surface area (Å²) in [6.45, 7) is 10.1. The summed E-state index contributed by atoms with van der Waals surface area (Å²) in [5.41, 5.74) is 0.520. The number of nitrogens with zero attached hydrogens (tertiary/aromatic N) is 4. The smallest absolute Gasteiger partial charge is 0.411 e. The van der Waals surface area contributed by atoms with Crippen LogP contribution in [0.1, 0.15) is 68.6 Å². The molecule has 2 aliphatic heterocycles. The summed E-state index contributed by atoms with van der Waals surface area (Å²) in [7, 11) is 0. The van der Waals surface area contributed by atoms with Crippen LogP contribution in [0.15, 0.2) is 41.6 Å². The molecule has 2 saturated heterocycles. The summed E-state index contributed by atoms with van der Waals surface area (Å²) >= 11 is 1.18. The number of fused-ring (bicyclic) bond motifs is 2. The molecule has 1 N–H and O–H groups in total. The summed E-state index contributed by atoms with van der Waals surface area (Å²) in [5.74, 6) is -1.35. The Labute approximate surface area is 276 Å². The van der Waals surface area contributed by atoms with Gasteiger partial charge in [-0.05, 0) is 81.0 Å². The largest absolute Gasteiger partial charge is 0.444 e. The third-order valence-corrected chi connectivity index (χ3v) is 9.44. The Hall–Kier alpha value is -3.70. The second-order valence-corrected chi connectivity index (χ2v) is 14.2. The van der Waals surface area contributed by atoms with Crippen LogP contribution in [0.25, 0.3) is 5.57 Å². The summed E-state index contributed by atoms with van der Waals surface area (Å²) < 4.78 is 58.2. The summed E-state index contributed by atoms with van der Waals surface area (Å²) in [5, 5.41) is 14.3. The number of piperidine rings is 1. The van der Waals surface area contributed by atoms with Crippen molar-refractivity contribution in [3.8, 4) is 6.07 Å². The van der Waals surface area contributed by atoms with Gasteiger partial charge in [-0.1, -0.05) is 18.7 Å². The number of hydrogen-bond donors (Lipinski definition) is 1. The minimum absolute atomic E-state index is 0.0469. The Bertz CT molecular complexity index is 1460. The van der Waals surface area contributed by atoms with Gasteiger partial charge in [0.15, 0.2) is 0 Å². The molecule has 14 heteroatoms. The highest BCUT2D eigenvalue weighted by Gasteiger charge is 2.52. The first-order valence-corrected chi connectivity index (χ1v) is 16.4. The van der Waals surface area contributed by atoms with E-state index in [4.69, 9.17) is 4.74 Å². The molecule has 3 fully saturated rings. The summed E-state index contributed by atoms with van der Waals surface area (Å²) in [6, 6.07) is 1.72. The second-order valence-electron chi connectivity index (χ2n) is 13.3. The SMILES string of the molecule is C=C(/C=C\C(C[C@@H](C#N)NC(=O)[C@@H]1[C@H]2CC[C@H](C2)N1C(=O)OC(C)(C)C)=C(/C)F)c1csc(C(=O)N2CCN(CC(F)(F)F)CC2)c1. The number of amides is 3. The fraction of sp³-hybridized carbons (Fsp3) is 0.576. The lowest BCUT2D eigenvalue weighted by molar-refractivity contribution is -0.148. The van der Waals surface area contributed by atoms with Gasteiger partial charge in [0.1, 0.15) is 23.5 Å². The summed E-state index contributed by atoms with van der Waals surface area (Å²) in [4.78, 5) is 44.0. The first kappa shape index (κ1) is 36.1. The van der Waals surface area contributed by atoms with Crippen molar-refractivity contribution in [1.82, 2.24) is 20.0 Å². The van der Waals surface area contributed by atoms with Gasteiger partial charge in [-0.2, -0.15) is 18.4 Å². The van der Waals surface area contributed by atoms with Crippen LogP contribution in [0.3, 0.4) is 0 Å². The number of ether oxygens (including phenoxy) is 1. The zero-order valence-electron chi connectivity index (χ0n) is 27.0. The Morgan fingerprint density at radius 3 is 2.45 bits per heavy atom. The first-order chi connectivity index (χ1) is 22.0. The van der Waals surface area contributed by atoms with Crippen molar-refractivity contribution in [3.05, 3.63) is 52.0 Å². The van der Waals surface area contributed by atoms with Crippen LogP contribution in [0.4, 0.5) is 22.4 Å². The number of halogens is 4. The van der Waals surface area contributed by atoms with Gasteiger partial charge in [0.2, 0.25) is 5.91 Å². The molecule has 0 spiro atoms. The third kappa shape index (κ3) is 9.44. The molecule has 47 heavy (non-hydrogen) atoms. The van der Waals surface area contributed by atoms with Crippen LogP contribution in [0.5, 0.6) is 0 Å². The van der Waals surface area contributed by atoms with E-state index >= 15 is 0 Å². The number of nitriles is 1. The third-order valence-electron chi connectivity index (χ3n) is 8.53. The van der Waals surface area contributed by atoms with Crippen LogP contribution < -0.4 is 5.32 Å². The zero-order chi connectivity index (χ0) is 34.7. The molecule has 1 aromatic heterocycles. The number of alkyl halides is 3. The topological polar surface area (TPSA) is 106 Å². The number of likely N-dealkylation sites (tertiary alicyclic amines) is 1. The van der Waals surface area contributed by atoms with E-state index in [1.807, 2.05) is 6.07 Å². The Morgan fingerprint density at radius 1 is 1.17 bits per heavy atom. The van der Waals surface area contributed by atoms with Crippen molar-refractivity contribution in [2.45, 2.75) is 83.3 Å².